The molecule has 0 heterocycles. The second-order valence-electron chi connectivity index (χ2n) is 8.11. The molecular weight excluding hydrogens is 468 g/mol. The lowest BCUT2D eigenvalue weighted by Crippen LogP contribution is -2.26. The molecule has 0 spiro atoms. The molecule has 0 unspecified atom stereocenters. The van der Waals surface area contributed by atoms with Gasteiger partial charge in [-0.1, -0.05) is 54.1 Å². The summed E-state index contributed by atoms with van der Waals surface area (Å²) in [5, 5.41) is 5.41. The van der Waals surface area contributed by atoms with Crippen molar-refractivity contribution < 1.29 is 27.5 Å². The lowest BCUT2D eigenvalue weighted by Gasteiger charge is -2.12. The van der Waals surface area contributed by atoms with Crippen molar-refractivity contribution in [2.75, 3.05) is 18.2 Å². The Labute approximate surface area is 204 Å². The highest BCUT2D eigenvalue weighted by Gasteiger charge is 2.16. The van der Waals surface area contributed by atoms with E-state index in [-0.39, 0.29) is 28.5 Å². The minimum absolute atomic E-state index is 0.134. The van der Waals surface area contributed by atoms with Crippen LogP contribution < -0.4 is 10.6 Å². The van der Waals surface area contributed by atoms with Crippen molar-refractivity contribution in [2.45, 2.75) is 19.2 Å². The number of nitrogens with one attached hydrogen (secondary N) is 2. The first kappa shape index (κ1) is 25.6. The van der Waals surface area contributed by atoms with Crippen molar-refractivity contribution in [3.8, 4) is 0 Å². The standard InChI is InChI=1S/C26H26N2O6S/c1-18-10-12-19(13-11-18)15-27-25(30)22-8-3-4-9-23(22)28-24(29)16-34-26(31)21-7-5-6-20(14-21)17-35(2,32)33/h3-14H,15-17H2,1-2H3,(H,27,30)(H,28,29). The molecule has 35 heavy (non-hydrogen) atoms. The number of esters is 1. The van der Waals surface area contributed by atoms with Crippen molar-refractivity contribution in [2.24, 2.45) is 0 Å². The van der Waals surface area contributed by atoms with Crippen LogP contribution in [-0.4, -0.2) is 39.1 Å². The van der Waals surface area contributed by atoms with Crippen LogP contribution in [0.15, 0.2) is 72.8 Å². The summed E-state index contributed by atoms with van der Waals surface area (Å²) in [7, 11) is -3.26. The quantitative estimate of drug-likeness (QED) is 0.441. The summed E-state index contributed by atoms with van der Waals surface area (Å²) in [6.07, 6.45) is 1.10. The maximum absolute atomic E-state index is 12.7. The molecule has 182 valence electrons. The molecule has 0 atom stereocenters. The number of hydrogen-bond donors (Lipinski definition) is 2. The zero-order valence-electron chi connectivity index (χ0n) is 19.4. The van der Waals surface area contributed by atoms with Gasteiger partial charge in [-0.25, -0.2) is 13.2 Å². The van der Waals surface area contributed by atoms with Gasteiger partial charge in [0.15, 0.2) is 16.4 Å². The zero-order chi connectivity index (χ0) is 25.4. The van der Waals surface area contributed by atoms with Gasteiger partial charge < -0.3 is 15.4 Å². The van der Waals surface area contributed by atoms with Gasteiger partial charge >= 0.3 is 5.97 Å². The van der Waals surface area contributed by atoms with Crippen LogP contribution in [0.3, 0.4) is 0 Å². The largest absolute Gasteiger partial charge is 0.452 e. The van der Waals surface area contributed by atoms with Gasteiger partial charge in [-0.2, -0.15) is 0 Å². The predicted molar refractivity (Wildman–Crippen MR) is 133 cm³/mol. The maximum atomic E-state index is 12.7. The van der Waals surface area contributed by atoms with E-state index in [1.807, 2.05) is 31.2 Å². The molecule has 0 saturated carbocycles. The highest BCUT2D eigenvalue weighted by molar-refractivity contribution is 7.89. The Kier molecular flexibility index (Phi) is 8.38. The Morgan fingerprint density at radius 1 is 0.886 bits per heavy atom. The molecule has 0 aromatic heterocycles. The lowest BCUT2D eigenvalue weighted by molar-refractivity contribution is -0.119. The van der Waals surface area contributed by atoms with Crippen LogP contribution in [0.1, 0.15) is 37.4 Å². The topological polar surface area (TPSA) is 119 Å². The SMILES string of the molecule is Cc1ccc(CNC(=O)c2ccccc2NC(=O)COC(=O)c2cccc(CS(C)(=O)=O)c2)cc1. The minimum atomic E-state index is -3.26. The Bertz CT molecular complexity index is 1330. The summed E-state index contributed by atoms with van der Waals surface area (Å²) < 4.78 is 28.0. The van der Waals surface area contributed by atoms with Crippen molar-refractivity contribution in [1.82, 2.24) is 5.32 Å². The molecule has 0 radical (unpaired) electrons. The highest BCUT2D eigenvalue weighted by atomic mass is 32.2. The molecule has 0 aliphatic rings. The number of sulfone groups is 1. The normalized spacial score (nSPS) is 10.9. The number of aryl methyl sites for hydroxylation is 1. The summed E-state index contributed by atoms with van der Waals surface area (Å²) in [6.45, 7) is 1.74. The van der Waals surface area contributed by atoms with Gasteiger partial charge in [0.05, 0.1) is 22.6 Å². The van der Waals surface area contributed by atoms with Gasteiger partial charge in [-0.05, 0) is 42.3 Å². The van der Waals surface area contributed by atoms with Crippen LogP contribution >= 0.6 is 0 Å². The van der Waals surface area contributed by atoms with Gasteiger partial charge in [-0.15, -0.1) is 0 Å². The van der Waals surface area contributed by atoms with Crippen molar-refractivity contribution in [3.63, 3.8) is 0 Å². The smallest absolute Gasteiger partial charge is 0.338 e. The number of anilines is 1. The van der Waals surface area contributed by atoms with Crippen molar-refractivity contribution in [1.29, 1.82) is 0 Å². The van der Waals surface area contributed by atoms with Gasteiger partial charge in [0.25, 0.3) is 11.8 Å². The molecular formula is C26H26N2O6S. The number of benzene rings is 3. The lowest BCUT2D eigenvalue weighted by atomic mass is 10.1. The zero-order valence-corrected chi connectivity index (χ0v) is 20.2. The number of ether oxygens (including phenoxy) is 1. The third-order valence-electron chi connectivity index (χ3n) is 4.95. The molecule has 0 fully saturated rings. The second kappa shape index (κ2) is 11.4. The first-order valence-corrected chi connectivity index (χ1v) is 12.8. The van der Waals surface area contributed by atoms with Crippen LogP contribution in [0, 0.1) is 6.92 Å². The summed E-state index contributed by atoms with van der Waals surface area (Å²) in [4.78, 5) is 37.4. The molecule has 3 aromatic carbocycles. The van der Waals surface area contributed by atoms with E-state index in [1.165, 1.54) is 12.1 Å². The fourth-order valence-electron chi connectivity index (χ4n) is 3.27. The average molecular weight is 495 g/mol. The Balaban J connectivity index is 1.57. The average Bonchev–Trinajstić information content (AvgIpc) is 2.81. The summed E-state index contributed by atoms with van der Waals surface area (Å²) in [6, 6.07) is 20.3. The maximum Gasteiger partial charge on any atom is 0.338 e. The first-order chi connectivity index (χ1) is 16.6. The summed E-state index contributed by atoms with van der Waals surface area (Å²) >= 11 is 0. The summed E-state index contributed by atoms with van der Waals surface area (Å²) in [5.74, 6) is -1.96. The van der Waals surface area contributed by atoms with Crippen LogP contribution in [0.4, 0.5) is 5.69 Å². The number of para-hydroxylation sites is 1. The molecule has 3 aromatic rings. The van der Waals surface area contributed by atoms with Crippen molar-refractivity contribution >= 4 is 33.3 Å². The molecule has 2 N–H and O–H groups in total. The van der Waals surface area contributed by atoms with Crippen LogP contribution in [0.2, 0.25) is 0 Å². The number of hydrogen-bond acceptors (Lipinski definition) is 6. The third-order valence-corrected chi connectivity index (χ3v) is 5.80. The number of rotatable bonds is 9. The molecule has 0 aliphatic heterocycles. The summed E-state index contributed by atoms with van der Waals surface area (Å²) in [5.41, 5.74) is 3.19. The van der Waals surface area contributed by atoms with Crippen LogP contribution in [-0.2, 0) is 31.7 Å². The van der Waals surface area contributed by atoms with E-state index < -0.39 is 28.3 Å². The van der Waals surface area contributed by atoms with E-state index in [1.54, 1.807) is 36.4 Å². The van der Waals surface area contributed by atoms with Gasteiger partial charge in [0.2, 0.25) is 0 Å². The van der Waals surface area contributed by atoms with Crippen molar-refractivity contribution in [3.05, 3.63) is 101 Å². The van der Waals surface area contributed by atoms with E-state index in [9.17, 15) is 22.8 Å². The molecule has 9 heteroatoms. The number of carbonyl (C=O) groups excluding carboxylic acids is 3. The molecule has 3 rings (SSSR count). The Morgan fingerprint density at radius 3 is 2.31 bits per heavy atom. The van der Waals surface area contributed by atoms with Gasteiger partial charge in [0, 0.05) is 12.8 Å². The van der Waals surface area contributed by atoms with E-state index in [4.69, 9.17) is 4.74 Å². The van der Waals surface area contributed by atoms with E-state index in [0.717, 1.165) is 17.4 Å². The molecule has 2 amide bonds. The fraction of sp³-hybridized carbons (Fsp3) is 0.192. The van der Waals surface area contributed by atoms with E-state index in [0.29, 0.717) is 12.1 Å². The van der Waals surface area contributed by atoms with E-state index >= 15 is 0 Å². The number of carbonyl (C=O) groups is 3. The minimum Gasteiger partial charge on any atom is -0.452 e. The van der Waals surface area contributed by atoms with E-state index in [2.05, 4.69) is 10.6 Å². The van der Waals surface area contributed by atoms with Gasteiger partial charge in [-0.3, -0.25) is 9.59 Å². The Morgan fingerprint density at radius 2 is 1.60 bits per heavy atom. The van der Waals surface area contributed by atoms with Crippen LogP contribution in [0.25, 0.3) is 0 Å². The third kappa shape index (κ3) is 8.08. The Hall–Kier alpha value is -3.98. The number of amides is 2. The second-order valence-corrected chi connectivity index (χ2v) is 10.2. The molecule has 0 saturated heterocycles. The fourth-order valence-corrected chi connectivity index (χ4v) is 4.05. The molecule has 0 bridgehead atoms. The monoisotopic (exact) mass is 494 g/mol. The highest BCUT2D eigenvalue weighted by Crippen LogP contribution is 2.16. The molecule has 8 nitrogen and oxygen atoms in total. The van der Waals surface area contributed by atoms with Gasteiger partial charge in [0.1, 0.15) is 0 Å². The predicted octanol–water partition coefficient (Wildman–Crippen LogP) is 3.27. The van der Waals surface area contributed by atoms with Crippen LogP contribution in [0.5, 0.6) is 0 Å². The molecule has 0 aliphatic carbocycles. The first-order valence-electron chi connectivity index (χ1n) is 10.8.